The highest BCUT2D eigenvalue weighted by molar-refractivity contribution is 14.0. The predicted molar refractivity (Wildman–Crippen MR) is 122 cm³/mol. The Hall–Kier alpha value is -0.860. The zero-order chi connectivity index (χ0) is 18.1. The summed E-state index contributed by atoms with van der Waals surface area (Å²) in [6.07, 6.45) is 2.39. The van der Waals surface area contributed by atoms with Crippen molar-refractivity contribution in [3.05, 3.63) is 35.9 Å². The molecule has 1 aromatic carbocycles. The Morgan fingerprint density at radius 2 is 1.46 bits per heavy atom. The van der Waals surface area contributed by atoms with E-state index < -0.39 is 0 Å². The summed E-state index contributed by atoms with van der Waals surface area (Å²) in [5.74, 6) is 1.05. The number of unbranched alkanes of at least 4 members (excludes halogenated alkanes) is 1. The van der Waals surface area contributed by atoms with Crippen molar-refractivity contribution in [1.82, 2.24) is 19.6 Å². The lowest BCUT2D eigenvalue weighted by atomic mass is 10.2. The molecule has 148 valence electrons. The van der Waals surface area contributed by atoms with Crippen LogP contribution in [0.5, 0.6) is 0 Å². The van der Waals surface area contributed by atoms with Crippen molar-refractivity contribution in [2.75, 3.05) is 67.5 Å². The number of guanidine groups is 1. The highest BCUT2D eigenvalue weighted by atomic mass is 127. The largest absolute Gasteiger partial charge is 0.349 e. The van der Waals surface area contributed by atoms with Crippen molar-refractivity contribution >= 4 is 29.9 Å². The van der Waals surface area contributed by atoms with Crippen molar-refractivity contribution in [3.63, 3.8) is 0 Å². The first-order chi connectivity index (χ1) is 12.1. The van der Waals surface area contributed by atoms with Crippen molar-refractivity contribution < 1.29 is 0 Å². The number of hydrogen-bond donors (Lipinski definition) is 0. The highest BCUT2D eigenvalue weighted by Gasteiger charge is 2.16. The fourth-order valence-electron chi connectivity index (χ4n) is 3.32. The molecule has 0 unspecified atom stereocenters. The van der Waals surface area contributed by atoms with E-state index in [-0.39, 0.29) is 24.0 Å². The molecule has 0 amide bonds. The smallest absolute Gasteiger partial charge is 0.195 e. The molecule has 1 aromatic rings. The third-order valence-corrected chi connectivity index (χ3v) is 4.65. The molecular formula is C20H36IN5. The van der Waals surface area contributed by atoms with Gasteiger partial charge in [0.15, 0.2) is 5.96 Å². The van der Waals surface area contributed by atoms with Crippen molar-refractivity contribution in [2.45, 2.75) is 19.4 Å². The van der Waals surface area contributed by atoms with Crippen molar-refractivity contribution in [3.8, 4) is 0 Å². The maximum Gasteiger partial charge on any atom is 0.195 e. The zero-order valence-electron chi connectivity index (χ0n) is 16.9. The summed E-state index contributed by atoms with van der Waals surface area (Å²) >= 11 is 0. The molecule has 0 aromatic heterocycles. The average molecular weight is 473 g/mol. The van der Waals surface area contributed by atoms with E-state index in [1.54, 1.807) is 0 Å². The van der Waals surface area contributed by atoms with Crippen LogP contribution in [0.3, 0.4) is 0 Å². The SMILES string of the molecule is CN(C)C(=NCCCCN1CCN(Cc2ccccc2)CC1)N(C)C.I. The fourth-order valence-corrected chi connectivity index (χ4v) is 3.32. The van der Waals surface area contributed by atoms with E-state index in [1.165, 1.54) is 44.7 Å². The molecule has 0 bridgehead atoms. The van der Waals surface area contributed by atoms with E-state index in [0.717, 1.165) is 25.5 Å². The summed E-state index contributed by atoms with van der Waals surface area (Å²) in [6.45, 7) is 7.94. The molecule has 1 fully saturated rings. The number of nitrogens with zero attached hydrogens (tertiary/aromatic N) is 5. The number of hydrogen-bond acceptors (Lipinski definition) is 3. The number of rotatable bonds is 7. The highest BCUT2D eigenvalue weighted by Crippen LogP contribution is 2.09. The van der Waals surface area contributed by atoms with Gasteiger partial charge in [0.2, 0.25) is 0 Å². The molecule has 0 spiro atoms. The number of aliphatic imine (C=N–C) groups is 1. The Kier molecular flexibility index (Phi) is 11.2. The first-order valence-corrected chi connectivity index (χ1v) is 9.44. The van der Waals surface area contributed by atoms with E-state index in [1.807, 2.05) is 28.2 Å². The lowest BCUT2D eigenvalue weighted by Crippen LogP contribution is -2.46. The summed E-state index contributed by atoms with van der Waals surface area (Å²) in [6, 6.07) is 10.8. The molecule has 1 aliphatic heterocycles. The van der Waals surface area contributed by atoms with E-state index in [4.69, 9.17) is 4.99 Å². The molecule has 1 saturated heterocycles. The van der Waals surface area contributed by atoms with Crippen LogP contribution >= 0.6 is 24.0 Å². The van der Waals surface area contributed by atoms with Crippen LogP contribution in [0.2, 0.25) is 0 Å². The van der Waals surface area contributed by atoms with Crippen LogP contribution in [0.4, 0.5) is 0 Å². The van der Waals surface area contributed by atoms with E-state index in [0.29, 0.717) is 0 Å². The van der Waals surface area contributed by atoms with Crippen LogP contribution in [-0.2, 0) is 6.54 Å². The molecular weight excluding hydrogens is 437 g/mol. The van der Waals surface area contributed by atoms with Crippen LogP contribution in [0, 0.1) is 0 Å². The van der Waals surface area contributed by atoms with Crippen molar-refractivity contribution in [1.29, 1.82) is 0 Å². The summed E-state index contributed by atoms with van der Waals surface area (Å²) in [4.78, 5) is 14.0. The number of benzene rings is 1. The molecule has 0 atom stereocenters. The summed E-state index contributed by atoms with van der Waals surface area (Å²) < 4.78 is 0. The Labute approximate surface area is 177 Å². The standard InChI is InChI=1S/C20H35N5.HI/c1-22(2)20(23(3)4)21-12-8-9-13-24-14-16-25(17-15-24)18-19-10-6-5-7-11-19;/h5-7,10-11H,8-9,12-18H2,1-4H3;1H. The predicted octanol–water partition coefficient (Wildman–Crippen LogP) is 2.68. The first-order valence-electron chi connectivity index (χ1n) is 9.44. The minimum atomic E-state index is 0. The van der Waals surface area contributed by atoms with Gasteiger partial charge in [-0.3, -0.25) is 9.89 Å². The second-order valence-corrected chi connectivity index (χ2v) is 7.28. The van der Waals surface area contributed by atoms with Gasteiger partial charge in [0, 0.05) is 67.5 Å². The summed E-state index contributed by atoms with van der Waals surface area (Å²) in [5, 5.41) is 0. The minimum absolute atomic E-state index is 0. The molecule has 26 heavy (non-hydrogen) atoms. The molecule has 0 N–H and O–H groups in total. The Morgan fingerprint density at radius 3 is 2.04 bits per heavy atom. The van der Waals surface area contributed by atoms with Gasteiger partial charge in [0.1, 0.15) is 0 Å². The third-order valence-electron chi connectivity index (χ3n) is 4.65. The number of halogens is 1. The monoisotopic (exact) mass is 473 g/mol. The van der Waals surface area contributed by atoms with Gasteiger partial charge in [-0.1, -0.05) is 30.3 Å². The van der Waals surface area contributed by atoms with Crippen LogP contribution in [-0.4, -0.2) is 93.0 Å². The molecule has 1 heterocycles. The van der Waals surface area contributed by atoms with Gasteiger partial charge < -0.3 is 14.7 Å². The Morgan fingerprint density at radius 1 is 0.885 bits per heavy atom. The molecule has 0 radical (unpaired) electrons. The van der Waals surface area contributed by atoms with Gasteiger partial charge in [-0.2, -0.15) is 0 Å². The van der Waals surface area contributed by atoms with E-state index >= 15 is 0 Å². The van der Waals surface area contributed by atoms with Crippen molar-refractivity contribution in [2.24, 2.45) is 4.99 Å². The van der Waals surface area contributed by atoms with Gasteiger partial charge in [0.05, 0.1) is 0 Å². The maximum atomic E-state index is 4.71. The Balaban J connectivity index is 0.00000338. The second kappa shape index (κ2) is 12.5. The molecule has 6 heteroatoms. The topological polar surface area (TPSA) is 25.3 Å². The molecule has 5 nitrogen and oxygen atoms in total. The minimum Gasteiger partial charge on any atom is -0.349 e. The lowest BCUT2D eigenvalue weighted by molar-refractivity contribution is 0.126. The zero-order valence-corrected chi connectivity index (χ0v) is 19.2. The normalized spacial score (nSPS) is 15.2. The van der Waals surface area contributed by atoms with Gasteiger partial charge in [-0.25, -0.2) is 0 Å². The Bertz CT molecular complexity index is 500. The molecule has 0 aliphatic carbocycles. The van der Waals surface area contributed by atoms with Crippen LogP contribution in [0.15, 0.2) is 35.3 Å². The van der Waals surface area contributed by atoms with Crippen LogP contribution in [0.25, 0.3) is 0 Å². The second-order valence-electron chi connectivity index (χ2n) is 7.28. The average Bonchev–Trinajstić information content (AvgIpc) is 2.59. The molecule has 1 aliphatic rings. The van der Waals surface area contributed by atoms with Crippen LogP contribution in [0.1, 0.15) is 18.4 Å². The van der Waals surface area contributed by atoms with E-state index in [9.17, 15) is 0 Å². The summed E-state index contributed by atoms with van der Waals surface area (Å²) in [7, 11) is 8.20. The van der Waals surface area contributed by atoms with E-state index in [2.05, 4.69) is 49.9 Å². The van der Waals surface area contributed by atoms with Crippen LogP contribution < -0.4 is 0 Å². The third kappa shape index (κ3) is 8.22. The van der Waals surface area contributed by atoms with Gasteiger partial charge in [0.25, 0.3) is 0 Å². The first kappa shape index (κ1) is 23.2. The van der Waals surface area contributed by atoms with Gasteiger partial charge >= 0.3 is 0 Å². The van der Waals surface area contributed by atoms with Gasteiger partial charge in [-0.05, 0) is 24.9 Å². The molecule has 0 saturated carbocycles. The van der Waals surface area contributed by atoms with Gasteiger partial charge in [-0.15, -0.1) is 24.0 Å². The number of piperazine rings is 1. The maximum absolute atomic E-state index is 4.71. The summed E-state index contributed by atoms with van der Waals surface area (Å²) in [5.41, 5.74) is 1.42. The lowest BCUT2D eigenvalue weighted by Gasteiger charge is -2.34. The fraction of sp³-hybridized carbons (Fsp3) is 0.650. The molecule has 2 rings (SSSR count). The quantitative estimate of drug-likeness (QED) is 0.263.